The standard InChI is InChI=1S/C14H21O5P/c1-5-18-20(17,19-6-2)13(9-15)12-7-10(3)14(16)11(4)8-12/h7-9,13,16H,5-6H2,1-4H3. The molecule has 0 bridgehead atoms. The molecule has 0 aliphatic heterocycles. The third-order valence-corrected chi connectivity index (χ3v) is 5.28. The molecule has 0 amide bonds. The zero-order valence-corrected chi connectivity index (χ0v) is 13.1. The number of aromatic hydroxyl groups is 1. The predicted molar refractivity (Wildman–Crippen MR) is 77.2 cm³/mol. The Labute approximate surface area is 119 Å². The van der Waals surface area contributed by atoms with Crippen LogP contribution in [0.1, 0.15) is 36.2 Å². The summed E-state index contributed by atoms with van der Waals surface area (Å²) in [5.74, 6) is 0.168. The van der Waals surface area contributed by atoms with Gasteiger partial charge in [0.25, 0.3) is 0 Å². The molecule has 5 nitrogen and oxygen atoms in total. The van der Waals surface area contributed by atoms with E-state index in [1.54, 1.807) is 39.8 Å². The molecule has 0 radical (unpaired) electrons. The zero-order chi connectivity index (χ0) is 15.3. The van der Waals surface area contributed by atoms with Crippen molar-refractivity contribution in [1.29, 1.82) is 0 Å². The van der Waals surface area contributed by atoms with Crippen molar-refractivity contribution >= 4 is 13.9 Å². The molecule has 112 valence electrons. The van der Waals surface area contributed by atoms with Crippen molar-refractivity contribution in [3.05, 3.63) is 28.8 Å². The second-order valence-corrected chi connectivity index (χ2v) is 6.61. The first-order valence-electron chi connectivity index (χ1n) is 6.53. The van der Waals surface area contributed by atoms with Crippen molar-refractivity contribution < 1.29 is 23.5 Å². The van der Waals surface area contributed by atoms with Gasteiger partial charge in [0.15, 0.2) is 0 Å². The molecule has 0 heterocycles. The van der Waals surface area contributed by atoms with E-state index in [9.17, 15) is 14.5 Å². The normalized spacial score (nSPS) is 13.2. The minimum Gasteiger partial charge on any atom is -0.507 e. The van der Waals surface area contributed by atoms with Crippen LogP contribution in [0.3, 0.4) is 0 Å². The van der Waals surface area contributed by atoms with Crippen molar-refractivity contribution in [1.82, 2.24) is 0 Å². The van der Waals surface area contributed by atoms with E-state index in [2.05, 4.69) is 0 Å². The van der Waals surface area contributed by atoms with E-state index in [1.807, 2.05) is 0 Å². The van der Waals surface area contributed by atoms with E-state index >= 15 is 0 Å². The molecular weight excluding hydrogens is 279 g/mol. The first-order valence-corrected chi connectivity index (χ1v) is 8.15. The number of aryl methyl sites for hydroxylation is 2. The number of hydrogen-bond donors (Lipinski definition) is 1. The van der Waals surface area contributed by atoms with Gasteiger partial charge in [0.05, 0.1) is 13.2 Å². The lowest BCUT2D eigenvalue weighted by molar-refractivity contribution is -0.108. The van der Waals surface area contributed by atoms with Gasteiger partial charge in [-0.15, -0.1) is 0 Å². The Morgan fingerprint density at radius 1 is 1.20 bits per heavy atom. The number of carbonyl (C=O) groups excluding carboxylic acids is 1. The molecule has 1 atom stereocenters. The molecule has 1 rings (SSSR count). The van der Waals surface area contributed by atoms with Crippen LogP contribution in [0.15, 0.2) is 12.1 Å². The Morgan fingerprint density at radius 2 is 1.65 bits per heavy atom. The van der Waals surface area contributed by atoms with E-state index in [1.165, 1.54) is 0 Å². The highest BCUT2D eigenvalue weighted by atomic mass is 31.2. The fourth-order valence-electron chi connectivity index (χ4n) is 2.05. The first kappa shape index (κ1) is 16.9. The molecule has 1 N–H and O–H groups in total. The third-order valence-electron chi connectivity index (χ3n) is 2.94. The summed E-state index contributed by atoms with van der Waals surface area (Å²) in [4.78, 5) is 11.4. The summed E-state index contributed by atoms with van der Waals surface area (Å²) in [5.41, 5.74) is 0.774. The van der Waals surface area contributed by atoms with Gasteiger partial charge in [-0.25, -0.2) is 0 Å². The Kier molecular flexibility index (Phi) is 5.93. The Hall–Kier alpha value is -1.16. The lowest BCUT2D eigenvalue weighted by atomic mass is 10.0. The smallest absolute Gasteiger partial charge is 0.345 e. The maximum Gasteiger partial charge on any atom is 0.345 e. The highest BCUT2D eigenvalue weighted by Gasteiger charge is 2.37. The molecule has 0 aliphatic rings. The molecule has 0 spiro atoms. The molecule has 0 aromatic heterocycles. The van der Waals surface area contributed by atoms with Crippen molar-refractivity contribution in [3.63, 3.8) is 0 Å². The second kappa shape index (κ2) is 7.02. The van der Waals surface area contributed by atoms with Crippen molar-refractivity contribution in [2.45, 2.75) is 33.4 Å². The fourth-order valence-corrected chi connectivity index (χ4v) is 3.83. The Bertz CT molecular complexity index is 493. The lowest BCUT2D eigenvalue weighted by Crippen LogP contribution is -2.08. The van der Waals surface area contributed by atoms with Gasteiger partial charge < -0.3 is 18.9 Å². The van der Waals surface area contributed by atoms with Gasteiger partial charge in [-0.1, -0.05) is 12.1 Å². The van der Waals surface area contributed by atoms with E-state index in [0.29, 0.717) is 23.0 Å². The molecule has 1 aromatic carbocycles. The number of hydrogen-bond acceptors (Lipinski definition) is 5. The summed E-state index contributed by atoms with van der Waals surface area (Å²) in [5, 5.41) is 9.77. The van der Waals surface area contributed by atoms with Crippen LogP contribution in [0.25, 0.3) is 0 Å². The highest BCUT2D eigenvalue weighted by Crippen LogP contribution is 2.60. The Morgan fingerprint density at radius 3 is 2.00 bits per heavy atom. The maximum atomic E-state index is 12.7. The minimum absolute atomic E-state index is 0.168. The van der Waals surface area contributed by atoms with Crippen molar-refractivity contribution in [2.75, 3.05) is 13.2 Å². The molecule has 6 heteroatoms. The molecule has 0 fully saturated rings. The number of benzene rings is 1. The third kappa shape index (κ3) is 3.48. The van der Waals surface area contributed by atoms with E-state index in [-0.39, 0.29) is 19.0 Å². The monoisotopic (exact) mass is 300 g/mol. The average molecular weight is 300 g/mol. The van der Waals surface area contributed by atoms with Crippen LogP contribution >= 0.6 is 7.60 Å². The topological polar surface area (TPSA) is 72.8 Å². The van der Waals surface area contributed by atoms with Crippen LogP contribution in [-0.2, 0) is 18.4 Å². The summed E-state index contributed by atoms with van der Waals surface area (Å²) < 4.78 is 23.2. The van der Waals surface area contributed by atoms with Gasteiger partial charge in [0.2, 0.25) is 0 Å². The maximum absolute atomic E-state index is 12.7. The minimum atomic E-state index is -3.56. The second-order valence-electron chi connectivity index (χ2n) is 4.46. The summed E-state index contributed by atoms with van der Waals surface area (Å²) in [7, 11) is -3.56. The van der Waals surface area contributed by atoms with Crippen molar-refractivity contribution in [2.24, 2.45) is 0 Å². The molecule has 0 saturated heterocycles. The number of rotatable bonds is 7. The van der Waals surface area contributed by atoms with Gasteiger partial charge in [-0.05, 0) is 44.4 Å². The molecule has 0 saturated carbocycles. The van der Waals surface area contributed by atoms with Crippen LogP contribution in [0.2, 0.25) is 0 Å². The number of phenols is 1. The largest absolute Gasteiger partial charge is 0.507 e. The number of phenolic OH excluding ortho intramolecular Hbond substituents is 1. The van der Waals surface area contributed by atoms with E-state index in [0.717, 1.165) is 0 Å². The molecule has 1 unspecified atom stereocenters. The quantitative estimate of drug-likeness (QED) is 0.616. The van der Waals surface area contributed by atoms with Crippen LogP contribution in [0, 0.1) is 13.8 Å². The average Bonchev–Trinajstić information content (AvgIpc) is 2.37. The summed E-state index contributed by atoms with van der Waals surface area (Å²) in [6.07, 6.45) is 0.581. The van der Waals surface area contributed by atoms with Crippen LogP contribution in [-0.4, -0.2) is 24.6 Å². The van der Waals surface area contributed by atoms with Gasteiger partial charge in [-0.3, -0.25) is 4.57 Å². The number of carbonyl (C=O) groups is 1. The summed E-state index contributed by atoms with van der Waals surface area (Å²) in [6.45, 7) is 7.22. The summed E-state index contributed by atoms with van der Waals surface area (Å²) in [6, 6.07) is 3.26. The molecule has 20 heavy (non-hydrogen) atoms. The van der Waals surface area contributed by atoms with Crippen LogP contribution in [0.5, 0.6) is 5.75 Å². The lowest BCUT2D eigenvalue weighted by Gasteiger charge is -2.23. The molecule has 0 aliphatic carbocycles. The highest BCUT2D eigenvalue weighted by molar-refractivity contribution is 7.55. The fraction of sp³-hybridized carbons (Fsp3) is 0.500. The first-order chi connectivity index (χ1) is 9.39. The SMILES string of the molecule is CCOP(=O)(OCC)C(C=O)c1cc(C)c(O)c(C)c1. The summed E-state index contributed by atoms with van der Waals surface area (Å²) >= 11 is 0. The van der Waals surface area contributed by atoms with Crippen LogP contribution in [0.4, 0.5) is 0 Å². The molecule has 1 aromatic rings. The Balaban J connectivity index is 3.30. The van der Waals surface area contributed by atoms with Crippen LogP contribution < -0.4 is 0 Å². The van der Waals surface area contributed by atoms with Gasteiger partial charge in [0.1, 0.15) is 17.7 Å². The molecular formula is C14H21O5P. The van der Waals surface area contributed by atoms with Gasteiger partial charge >= 0.3 is 7.60 Å². The van der Waals surface area contributed by atoms with E-state index in [4.69, 9.17) is 9.05 Å². The number of aldehydes is 1. The van der Waals surface area contributed by atoms with Gasteiger partial charge in [0, 0.05) is 0 Å². The van der Waals surface area contributed by atoms with Crippen molar-refractivity contribution in [3.8, 4) is 5.75 Å². The predicted octanol–water partition coefficient (Wildman–Crippen LogP) is 3.52. The zero-order valence-electron chi connectivity index (χ0n) is 12.3. The van der Waals surface area contributed by atoms with Gasteiger partial charge in [-0.2, -0.15) is 0 Å². The van der Waals surface area contributed by atoms with E-state index < -0.39 is 13.3 Å².